The number of hydrogen-bond acceptors (Lipinski definition) is 5. The van der Waals surface area contributed by atoms with E-state index >= 15 is 0 Å². The molecule has 2 aliphatic rings. The highest BCUT2D eigenvalue weighted by atomic mass is 32.3. The molecule has 6 nitrogen and oxygen atoms in total. The molecule has 0 saturated carbocycles. The van der Waals surface area contributed by atoms with Crippen molar-refractivity contribution in [3.8, 4) is 0 Å². The Morgan fingerprint density at radius 2 is 1.80 bits per heavy atom. The van der Waals surface area contributed by atoms with E-state index in [0.717, 1.165) is 49.1 Å². The van der Waals surface area contributed by atoms with Crippen molar-refractivity contribution >= 4 is 27.5 Å². The number of amides is 1. The van der Waals surface area contributed by atoms with Gasteiger partial charge in [-0.05, 0) is 66.3 Å². The first-order valence-electron chi connectivity index (χ1n) is 10.6. The molecule has 0 radical (unpaired) electrons. The van der Waals surface area contributed by atoms with Gasteiger partial charge in [-0.2, -0.15) is 0 Å². The summed E-state index contributed by atoms with van der Waals surface area (Å²) in [6.45, 7) is 5.62. The van der Waals surface area contributed by atoms with Crippen molar-refractivity contribution in [3.63, 3.8) is 0 Å². The van der Waals surface area contributed by atoms with Crippen molar-refractivity contribution in [2.45, 2.75) is 81.9 Å². The molecule has 0 saturated heterocycles. The molecular weight excluding hydrogens is 418 g/mol. The molecule has 1 heterocycles. The van der Waals surface area contributed by atoms with Gasteiger partial charge >= 0.3 is 0 Å². The number of rotatable bonds is 5. The van der Waals surface area contributed by atoms with Crippen LogP contribution in [0.15, 0.2) is 10.3 Å². The molecule has 0 fully saturated rings. The molecular formula is C22H31N3O3S2. The van der Waals surface area contributed by atoms with E-state index in [1.807, 2.05) is 20.8 Å². The first kappa shape index (κ1) is 21.6. The van der Waals surface area contributed by atoms with Crippen LogP contribution in [0.3, 0.4) is 0 Å². The second-order valence-corrected chi connectivity index (χ2v) is 12.7. The molecule has 0 spiro atoms. The molecule has 2 aromatic rings. The Morgan fingerprint density at radius 1 is 1.20 bits per heavy atom. The Balaban J connectivity index is 1.60. The SMILES string of the molecule is CC(C)(C)c1nc(CO)c([SH](N)(=O)NC(=O)Cc2c3c(cc4c2CCC4)CCC3)s1. The van der Waals surface area contributed by atoms with Crippen LogP contribution in [0.5, 0.6) is 0 Å². The average Bonchev–Trinajstić information content (AvgIpc) is 3.38. The van der Waals surface area contributed by atoms with Crippen LogP contribution >= 0.6 is 11.3 Å². The Hall–Kier alpha value is -1.61. The van der Waals surface area contributed by atoms with Crippen molar-refractivity contribution in [1.82, 2.24) is 9.71 Å². The van der Waals surface area contributed by atoms with Crippen LogP contribution in [0.2, 0.25) is 0 Å². The van der Waals surface area contributed by atoms with Crippen molar-refractivity contribution in [3.05, 3.63) is 44.6 Å². The third-order valence-corrected chi connectivity index (χ3v) is 9.85. The topological polar surface area (TPSA) is 105 Å². The van der Waals surface area contributed by atoms with Gasteiger partial charge < -0.3 is 5.11 Å². The summed E-state index contributed by atoms with van der Waals surface area (Å²) in [5.74, 6) is -0.329. The van der Waals surface area contributed by atoms with Crippen molar-refractivity contribution < 1.29 is 14.1 Å². The number of carbonyl (C=O) groups excluding carboxylic acids is 1. The lowest BCUT2D eigenvalue weighted by Crippen LogP contribution is -2.43. The normalized spacial score (nSPS) is 16.4. The molecule has 1 aromatic heterocycles. The third-order valence-electron chi connectivity index (χ3n) is 6.00. The van der Waals surface area contributed by atoms with Gasteiger partial charge in [0.25, 0.3) is 0 Å². The fraction of sp³-hybridized carbons (Fsp3) is 0.545. The second-order valence-electron chi connectivity index (χ2n) is 9.39. The summed E-state index contributed by atoms with van der Waals surface area (Å²) in [5.41, 5.74) is 6.50. The van der Waals surface area contributed by atoms with Gasteiger partial charge in [0.15, 0.2) is 0 Å². The van der Waals surface area contributed by atoms with E-state index in [0.29, 0.717) is 0 Å². The molecule has 0 unspecified atom stereocenters. The van der Waals surface area contributed by atoms with Crippen LogP contribution in [0.25, 0.3) is 0 Å². The van der Waals surface area contributed by atoms with E-state index in [-0.39, 0.29) is 34.3 Å². The second kappa shape index (κ2) is 7.82. The molecule has 30 heavy (non-hydrogen) atoms. The number of carbonyl (C=O) groups is 1. The standard InChI is InChI=1S/C22H31N3O3S2/c1-22(2,3)21-24-18(12-26)20(29-21)30(23,28)25-19(27)11-17-15-8-4-6-13(15)10-14-7-5-9-16(14)17/h10,26,30H,4-9,11-12H2,1-3H3,(H3,23,25,27,28). The average molecular weight is 450 g/mol. The number of nitrogens with two attached hydrogens (primary N) is 1. The Bertz CT molecular complexity index is 1020. The van der Waals surface area contributed by atoms with Gasteiger partial charge in [-0.15, -0.1) is 11.3 Å². The van der Waals surface area contributed by atoms with E-state index in [2.05, 4.69) is 15.8 Å². The number of nitrogens with zero attached hydrogens (tertiary/aromatic N) is 1. The highest BCUT2D eigenvalue weighted by Gasteiger charge is 2.29. The number of fused-ring (bicyclic) bond motifs is 2. The molecule has 1 aromatic carbocycles. The highest BCUT2D eigenvalue weighted by molar-refractivity contribution is 8.01. The van der Waals surface area contributed by atoms with Crippen LogP contribution in [-0.2, 0) is 59.2 Å². The zero-order valence-corrected chi connectivity index (χ0v) is 19.6. The minimum atomic E-state index is -3.68. The Labute approximate surface area is 183 Å². The first-order valence-corrected chi connectivity index (χ1v) is 13.2. The number of thiazole rings is 1. The lowest BCUT2D eigenvalue weighted by atomic mass is 9.92. The van der Waals surface area contributed by atoms with E-state index in [1.54, 1.807) is 0 Å². The predicted octanol–water partition coefficient (Wildman–Crippen LogP) is 2.43. The molecule has 4 N–H and O–H groups in total. The summed E-state index contributed by atoms with van der Waals surface area (Å²) >= 11 is 1.21. The van der Waals surface area contributed by atoms with Crippen LogP contribution < -0.4 is 9.86 Å². The van der Waals surface area contributed by atoms with Crippen molar-refractivity contribution in [2.75, 3.05) is 0 Å². The number of thiol groups is 1. The molecule has 8 heteroatoms. The summed E-state index contributed by atoms with van der Waals surface area (Å²) in [5, 5.41) is 16.6. The smallest absolute Gasteiger partial charge is 0.235 e. The van der Waals surface area contributed by atoms with Gasteiger partial charge in [0.1, 0.15) is 4.21 Å². The maximum Gasteiger partial charge on any atom is 0.235 e. The van der Waals surface area contributed by atoms with E-state index < -0.39 is 10.3 Å². The maximum absolute atomic E-state index is 13.3. The third kappa shape index (κ3) is 3.98. The van der Waals surface area contributed by atoms with Crippen molar-refractivity contribution in [2.24, 2.45) is 5.14 Å². The number of benzene rings is 1. The molecule has 164 valence electrons. The number of aliphatic hydroxyl groups excluding tert-OH is 1. The fourth-order valence-electron chi connectivity index (χ4n) is 4.61. The molecule has 2 aliphatic carbocycles. The van der Waals surface area contributed by atoms with Gasteiger partial charge in [-0.25, -0.2) is 9.19 Å². The molecule has 4 rings (SSSR count). The van der Waals surface area contributed by atoms with E-state index in [4.69, 9.17) is 5.14 Å². The molecule has 0 atom stereocenters. The number of nitrogens with one attached hydrogen (secondary N) is 1. The van der Waals surface area contributed by atoms with Gasteiger partial charge in [0.2, 0.25) is 5.91 Å². The molecule has 1 amide bonds. The fourth-order valence-corrected chi connectivity index (χ4v) is 7.48. The minimum Gasteiger partial charge on any atom is -0.390 e. The molecule has 0 bridgehead atoms. The summed E-state index contributed by atoms with van der Waals surface area (Å²) < 4.78 is 16.2. The molecule has 0 aliphatic heterocycles. The number of hydrogen-bond donors (Lipinski definition) is 4. The highest BCUT2D eigenvalue weighted by Crippen LogP contribution is 2.36. The zero-order valence-electron chi connectivity index (χ0n) is 17.9. The Morgan fingerprint density at radius 3 is 2.33 bits per heavy atom. The van der Waals surface area contributed by atoms with Crippen LogP contribution in [-0.4, -0.2) is 20.2 Å². The lowest BCUT2D eigenvalue weighted by Gasteiger charge is -2.21. The zero-order chi connectivity index (χ0) is 21.7. The Kier molecular flexibility index (Phi) is 5.63. The lowest BCUT2D eigenvalue weighted by molar-refractivity contribution is -0.118. The van der Waals surface area contributed by atoms with E-state index in [9.17, 15) is 14.1 Å². The summed E-state index contributed by atoms with van der Waals surface area (Å²) in [7, 11) is -3.68. The summed E-state index contributed by atoms with van der Waals surface area (Å²) in [4.78, 5) is 17.4. The number of aryl methyl sites for hydroxylation is 2. The predicted molar refractivity (Wildman–Crippen MR) is 121 cm³/mol. The summed E-state index contributed by atoms with van der Waals surface area (Å²) in [6.07, 6.45) is 6.60. The summed E-state index contributed by atoms with van der Waals surface area (Å²) in [6, 6.07) is 2.33. The quantitative estimate of drug-likeness (QED) is 0.526. The van der Waals surface area contributed by atoms with Crippen LogP contribution in [0, 0.1) is 0 Å². The first-order chi connectivity index (χ1) is 14.1. The van der Waals surface area contributed by atoms with Gasteiger partial charge in [0.05, 0.1) is 23.7 Å². The van der Waals surface area contributed by atoms with Crippen LogP contribution in [0.1, 0.15) is 72.1 Å². The minimum absolute atomic E-state index is 0.200. The number of aromatic nitrogens is 1. The van der Waals surface area contributed by atoms with Gasteiger partial charge in [-0.1, -0.05) is 26.8 Å². The van der Waals surface area contributed by atoms with Crippen molar-refractivity contribution in [1.29, 1.82) is 0 Å². The monoisotopic (exact) mass is 449 g/mol. The largest absolute Gasteiger partial charge is 0.390 e. The van der Waals surface area contributed by atoms with Gasteiger partial charge in [0, 0.05) is 15.7 Å². The number of aliphatic hydroxyl groups is 1. The van der Waals surface area contributed by atoms with E-state index in [1.165, 1.54) is 33.6 Å². The maximum atomic E-state index is 13.3. The van der Waals surface area contributed by atoms with Gasteiger partial charge in [-0.3, -0.25) is 14.7 Å². The van der Waals surface area contributed by atoms with Crippen LogP contribution in [0.4, 0.5) is 0 Å².